The molecule has 1 heterocycles. The number of aromatic nitrogens is 2. The highest BCUT2D eigenvalue weighted by molar-refractivity contribution is 6.58. The molecule has 0 aliphatic heterocycles. The molecule has 0 radical (unpaired) electrons. The van der Waals surface area contributed by atoms with Gasteiger partial charge in [-0.25, -0.2) is 0 Å². The smallest absolute Gasteiger partial charge is 0.469 e. The molecule has 2 N–H and O–H groups in total. The third kappa shape index (κ3) is 4.14. The van der Waals surface area contributed by atoms with Crippen molar-refractivity contribution in [1.82, 2.24) is 10.2 Å². The van der Waals surface area contributed by atoms with Crippen LogP contribution in [0.5, 0.6) is 0 Å². The zero-order valence-electron chi connectivity index (χ0n) is 11.5. The molecule has 0 bridgehead atoms. The third-order valence-electron chi connectivity index (χ3n) is 2.92. The Kier molecular flexibility index (Phi) is 5.07. The normalized spacial score (nSPS) is 10.4. The molecule has 0 saturated heterocycles. The Morgan fingerprint density at radius 1 is 1.29 bits per heavy atom. The van der Waals surface area contributed by atoms with Crippen molar-refractivity contribution in [3.05, 3.63) is 30.2 Å². The number of nitrogens with zero attached hydrogens (tertiary/aromatic N) is 2. The average Bonchev–Trinajstić information content (AvgIpc) is 2.96. The van der Waals surface area contributed by atoms with Gasteiger partial charge in [0.15, 0.2) is 0 Å². The largest absolute Gasteiger partial charge is 0.488 e. The van der Waals surface area contributed by atoms with Crippen molar-refractivity contribution < 1.29 is 24.0 Å². The summed E-state index contributed by atoms with van der Waals surface area (Å²) in [4.78, 5) is 11.0. The minimum atomic E-state index is -1.50. The average molecular weight is 290 g/mol. The van der Waals surface area contributed by atoms with Gasteiger partial charge in [0, 0.05) is 18.4 Å². The highest BCUT2D eigenvalue weighted by atomic mass is 16.5. The van der Waals surface area contributed by atoms with E-state index in [1.807, 2.05) is 0 Å². The molecule has 110 valence electrons. The predicted octanol–water partition coefficient (Wildman–Crippen LogP) is -0.0879. The number of hydrogen-bond donors (Lipinski definition) is 2. The van der Waals surface area contributed by atoms with E-state index in [-0.39, 0.29) is 5.97 Å². The third-order valence-corrected chi connectivity index (χ3v) is 2.92. The van der Waals surface area contributed by atoms with Gasteiger partial charge in [-0.3, -0.25) is 4.79 Å². The fraction of sp³-hybridized carbons (Fsp3) is 0.308. The number of aryl methyl sites for hydroxylation is 1. The lowest BCUT2D eigenvalue weighted by atomic mass is 9.80. The lowest BCUT2D eigenvalue weighted by Gasteiger charge is -1.99. The van der Waals surface area contributed by atoms with E-state index in [0.717, 1.165) is 0 Å². The van der Waals surface area contributed by atoms with Gasteiger partial charge < -0.3 is 19.2 Å². The standard InChI is InChI=1S/C13H15BN2O5/c1-20-12(17)4-2-3-11-15-16-13(21-11)9-5-7-10(8-6-9)14(18)19/h5-8,18-19H,2-4H2,1H3. The van der Waals surface area contributed by atoms with E-state index in [1.54, 1.807) is 24.3 Å². The predicted molar refractivity (Wildman–Crippen MR) is 74.5 cm³/mol. The van der Waals surface area contributed by atoms with E-state index in [9.17, 15) is 4.79 Å². The molecule has 8 heteroatoms. The van der Waals surface area contributed by atoms with E-state index < -0.39 is 7.12 Å². The maximum absolute atomic E-state index is 11.0. The highest BCUT2D eigenvalue weighted by Gasteiger charge is 2.13. The van der Waals surface area contributed by atoms with Gasteiger partial charge in [0.2, 0.25) is 11.8 Å². The Morgan fingerprint density at radius 3 is 2.62 bits per heavy atom. The molecular weight excluding hydrogens is 275 g/mol. The van der Waals surface area contributed by atoms with Gasteiger partial charge in [-0.05, 0) is 24.0 Å². The molecule has 7 nitrogen and oxygen atoms in total. The number of carbonyl (C=O) groups is 1. The lowest BCUT2D eigenvalue weighted by molar-refractivity contribution is -0.140. The molecule has 0 spiro atoms. The Balaban J connectivity index is 1.97. The van der Waals surface area contributed by atoms with Crippen molar-refractivity contribution in [2.75, 3.05) is 7.11 Å². The van der Waals surface area contributed by atoms with Gasteiger partial charge in [0.05, 0.1) is 7.11 Å². The summed E-state index contributed by atoms with van der Waals surface area (Å²) in [6, 6.07) is 6.48. The number of rotatable bonds is 6. The lowest BCUT2D eigenvalue weighted by Crippen LogP contribution is -2.29. The Bertz CT molecular complexity index is 597. The van der Waals surface area contributed by atoms with Crippen LogP contribution in [-0.2, 0) is 16.0 Å². The summed E-state index contributed by atoms with van der Waals surface area (Å²) in [5.41, 5.74) is 1.07. The molecule has 0 atom stereocenters. The number of methoxy groups -OCH3 is 1. The second-order valence-electron chi connectivity index (χ2n) is 4.43. The topological polar surface area (TPSA) is 106 Å². The Hall–Kier alpha value is -2.19. The Labute approximate surface area is 121 Å². The van der Waals surface area contributed by atoms with Gasteiger partial charge in [-0.1, -0.05) is 12.1 Å². The molecule has 2 rings (SSSR count). The van der Waals surface area contributed by atoms with Crippen LogP contribution in [0.4, 0.5) is 0 Å². The van der Waals surface area contributed by atoms with Gasteiger partial charge >= 0.3 is 13.1 Å². The van der Waals surface area contributed by atoms with Crippen LogP contribution in [-0.4, -0.2) is 40.4 Å². The van der Waals surface area contributed by atoms with Crippen molar-refractivity contribution in [2.45, 2.75) is 19.3 Å². The van der Waals surface area contributed by atoms with Crippen LogP contribution in [0.1, 0.15) is 18.7 Å². The van der Waals surface area contributed by atoms with Crippen LogP contribution in [0.2, 0.25) is 0 Å². The minimum Gasteiger partial charge on any atom is -0.469 e. The molecule has 1 aromatic heterocycles. The molecule has 0 aliphatic rings. The first-order valence-electron chi connectivity index (χ1n) is 6.46. The molecule has 0 aliphatic carbocycles. The quantitative estimate of drug-likeness (QED) is 0.565. The monoisotopic (exact) mass is 290 g/mol. The first-order valence-corrected chi connectivity index (χ1v) is 6.46. The van der Waals surface area contributed by atoms with Crippen LogP contribution >= 0.6 is 0 Å². The van der Waals surface area contributed by atoms with Crippen LogP contribution < -0.4 is 5.46 Å². The van der Waals surface area contributed by atoms with Crippen LogP contribution in [0, 0.1) is 0 Å². The van der Waals surface area contributed by atoms with E-state index >= 15 is 0 Å². The summed E-state index contributed by atoms with van der Waals surface area (Å²) in [5.74, 6) is 0.523. The van der Waals surface area contributed by atoms with E-state index in [2.05, 4.69) is 14.9 Å². The van der Waals surface area contributed by atoms with Crippen molar-refractivity contribution in [3.63, 3.8) is 0 Å². The number of hydrogen-bond acceptors (Lipinski definition) is 7. The summed E-state index contributed by atoms with van der Waals surface area (Å²) in [7, 11) is -0.157. The van der Waals surface area contributed by atoms with Crippen molar-refractivity contribution in [1.29, 1.82) is 0 Å². The first kappa shape index (κ1) is 15.2. The SMILES string of the molecule is COC(=O)CCCc1nnc(-c2ccc(B(O)O)cc2)o1. The maximum atomic E-state index is 11.0. The molecule has 0 unspecified atom stereocenters. The van der Waals surface area contributed by atoms with E-state index in [0.29, 0.717) is 42.1 Å². The second kappa shape index (κ2) is 7.01. The van der Waals surface area contributed by atoms with Gasteiger partial charge in [-0.2, -0.15) is 0 Å². The van der Waals surface area contributed by atoms with Gasteiger partial charge in [0.25, 0.3) is 0 Å². The number of carbonyl (C=O) groups excluding carboxylic acids is 1. The van der Waals surface area contributed by atoms with Gasteiger partial charge in [0.1, 0.15) is 0 Å². The van der Waals surface area contributed by atoms with Gasteiger partial charge in [-0.15, -0.1) is 10.2 Å². The summed E-state index contributed by atoms with van der Waals surface area (Å²) >= 11 is 0. The molecule has 0 amide bonds. The molecule has 0 saturated carbocycles. The van der Waals surface area contributed by atoms with Crippen LogP contribution in [0.3, 0.4) is 0 Å². The minimum absolute atomic E-state index is 0.270. The maximum Gasteiger partial charge on any atom is 0.488 e. The fourth-order valence-corrected chi connectivity index (χ4v) is 1.76. The second-order valence-corrected chi connectivity index (χ2v) is 4.43. The molecule has 2 aromatic rings. The molecule has 1 aromatic carbocycles. The summed E-state index contributed by atoms with van der Waals surface area (Å²) in [5, 5.41) is 25.9. The Morgan fingerprint density at radius 2 is 2.00 bits per heavy atom. The van der Waals surface area contributed by atoms with Crippen molar-refractivity contribution in [2.24, 2.45) is 0 Å². The summed E-state index contributed by atoms with van der Waals surface area (Å²) < 4.78 is 10.0. The summed E-state index contributed by atoms with van der Waals surface area (Å²) in [6.07, 6.45) is 1.37. The number of benzene rings is 1. The summed E-state index contributed by atoms with van der Waals surface area (Å²) in [6.45, 7) is 0. The molecule has 0 fully saturated rings. The first-order chi connectivity index (χ1) is 10.1. The molecule has 21 heavy (non-hydrogen) atoms. The highest BCUT2D eigenvalue weighted by Crippen LogP contribution is 2.17. The zero-order chi connectivity index (χ0) is 15.2. The van der Waals surface area contributed by atoms with Crippen molar-refractivity contribution in [3.8, 4) is 11.5 Å². The van der Waals surface area contributed by atoms with Crippen LogP contribution in [0.25, 0.3) is 11.5 Å². The van der Waals surface area contributed by atoms with Crippen LogP contribution in [0.15, 0.2) is 28.7 Å². The number of ether oxygens (including phenoxy) is 1. The van der Waals surface area contributed by atoms with Crippen molar-refractivity contribution >= 4 is 18.6 Å². The van der Waals surface area contributed by atoms with E-state index in [4.69, 9.17) is 14.5 Å². The number of esters is 1. The van der Waals surface area contributed by atoms with E-state index in [1.165, 1.54) is 7.11 Å². The fourth-order valence-electron chi connectivity index (χ4n) is 1.76. The zero-order valence-corrected chi connectivity index (χ0v) is 11.5. The molecular formula is C13H15BN2O5.